The van der Waals surface area contributed by atoms with Crippen molar-refractivity contribution in [3.8, 4) is 5.75 Å². The van der Waals surface area contributed by atoms with Gasteiger partial charge in [0.15, 0.2) is 16.6 Å². The number of hydrogen-bond acceptors (Lipinski definition) is 5. The summed E-state index contributed by atoms with van der Waals surface area (Å²) >= 11 is 1.37. The maximum atomic E-state index is 5.81. The normalized spacial score (nSPS) is 14.9. The van der Waals surface area contributed by atoms with Crippen molar-refractivity contribution in [2.75, 3.05) is 17.6 Å². The van der Waals surface area contributed by atoms with Gasteiger partial charge in [-0.2, -0.15) is 4.37 Å². The Morgan fingerprint density at radius 3 is 3.06 bits per heavy atom. The number of ether oxygens (including phenoxy) is 1. The van der Waals surface area contributed by atoms with Crippen LogP contribution >= 0.6 is 11.5 Å². The zero-order valence-electron chi connectivity index (χ0n) is 11.0. The zero-order valence-corrected chi connectivity index (χ0v) is 11.8. The predicted molar refractivity (Wildman–Crippen MR) is 77.3 cm³/mol. The summed E-state index contributed by atoms with van der Waals surface area (Å²) in [6, 6.07) is 0. The fourth-order valence-electron chi connectivity index (χ4n) is 2.06. The van der Waals surface area contributed by atoms with Crippen molar-refractivity contribution in [3.63, 3.8) is 0 Å². The zero-order chi connectivity index (χ0) is 13.0. The van der Waals surface area contributed by atoms with Crippen molar-refractivity contribution in [2.45, 2.75) is 45.6 Å². The molecule has 0 unspecified atom stereocenters. The lowest BCUT2D eigenvalue weighted by atomic mass is 10.2. The van der Waals surface area contributed by atoms with Crippen molar-refractivity contribution < 1.29 is 4.74 Å². The maximum Gasteiger partial charge on any atom is 0.197 e. The number of allylic oxidation sites excluding steroid dienone is 1. The van der Waals surface area contributed by atoms with Crippen LogP contribution in [0.5, 0.6) is 5.75 Å². The largest absolute Gasteiger partial charge is 0.484 e. The molecular formula is C13H21N3OS. The third kappa shape index (κ3) is 3.38. The quantitative estimate of drug-likeness (QED) is 0.775. The van der Waals surface area contributed by atoms with Gasteiger partial charge in [-0.15, -0.1) is 0 Å². The minimum atomic E-state index is 0.113. The Bertz CT molecular complexity index is 426. The molecule has 0 aliphatic heterocycles. The van der Waals surface area contributed by atoms with Gasteiger partial charge in [0.25, 0.3) is 0 Å². The van der Waals surface area contributed by atoms with Crippen LogP contribution in [0.4, 0.5) is 10.8 Å². The monoisotopic (exact) mass is 267 g/mol. The molecule has 1 aromatic heterocycles. The lowest BCUT2D eigenvalue weighted by molar-refractivity contribution is 0.245. The number of rotatable bonds is 6. The first-order valence-corrected chi connectivity index (χ1v) is 7.27. The molecule has 0 spiro atoms. The first-order valence-electron chi connectivity index (χ1n) is 6.50. The van der Waals surface area contributed by atoms with E-state index >= 15 is 0 Å². The van der Waals surface area contributed by atoms with E-state index < -0.39 is 0 Å². The van der Waals surface area contributed by atoms with E-state index in [1.807, 2.05) is 13.8 Å². The first-order chi connectivity index (χ1) is 8.66. The summed E-state index contributed by atoms with van der Waals surface area (Å²) in [4.78, 5) is 0. The highest BCUT2D eigenvalue weighted by Crippen LogP contribution is 2.36. The third-order valence-electron chi connectivity index (χ3n) is 2.89. The smallest absolute Gasteiger partial charge is 0.197 e. The van der Waals surface area contributed by atoms with E-state index in [0.717, 1.165) is 18.0 Å². The molecule has 0 saturated carbocycles. The van der Waals surface area contributed by atoms with Crippen LogP contribution in [0.3, 0.4) is 0 Å². The van der Waals surface area contributed by atoms with Crippen LogP contribution in [0, 0.1) is 0 Å². The van der Waals surface area contributed by atoms with E-state index in [0.29, 0.717) is 11.6 Å². The molecule has 100 valence electrons. The summed E-state index contributed by atoms with van der Waals surface area (Å²) < 4.78 is 9.82. The molecule has 3 N–H and O–H groups in total. The Morgan fingerprint density at radius 1 is 1.56 bits per heavy atom. The summed E-state index contributed by atoms with van der Waals surface area (Å²) in [6.45, 7) is 4.90. The molecule has 4 nitrogen and oxygen atoms in total. The molecule has 0 bridgehead atoms. The van der Waals surface area contributed by atoms with Gasteiger partial charge in [0.2, 0.25) is 0 Å². The lowest BCUT2D eigenvalue weighted by Gasteiger charge is -2.11. The molecule has 0 fully saturated rings. The minimum absolute atomic E-state index is 0.113. The first kappa shape index (κ1) is 13.2. The molecule has 18 heavy (non-hydrogen) atoms. The number of nitrogen functional groups attached to an aromatic ring is 1. The van der Waals surface area contributed by atoms with Crippen molar-refractivity contribution in [1.82, 2.24) is 4.37 Å². The molecule has 1 heterocycles. The summed E-state index contributed by atoms with van der Waals surface area (Å²) in [7, 11) is 0. The van der Waals surface area contributed by atoms with Crippen LogP contribution in [0.1, 0.15) is 39.5 Å². The Morgan fingerprint density at radius 2 is 2.39 bits per heavy atom. The van der Waals surface area contributed by atoms with Gasteiger partial charge in [0.05, 0.1) is 6.10 Å². The van der Waals surface area contributed by atoms with Gasteiger partial charge < -0.3 is 15.8 Å². The average molecular weight is 267 g/mol. The number of aromatic nitrogens is 1. The Balaban J connectivity index is 1.88. The summed E-state index contributed by atoms with van der Waals surface area (Å²) in [5, 5.41) is 4.32. The Hall–Kier alpha value is -1.23. The third-order valence-corrected chi connectivity index (χ3v) is 3.69. The highest BCUT2D eigenvalue weighted by molar-refractivity contribution is 7.11. The summed E-state index contributed by atoms with van der Waals surface area (Å²) in [5.74, 6) is 1.19. The summed E-state index contributed by atoms with van der Waals surface area (Å²) in [5.41, 5.74) is 7.37. The van der Waals surface area contributed by atoms with Crippen LogP contribution in [0.15, 0.2) is 11.6 Å². The predicted octanol–water partition coefficient (Wildman–Crippen LogP) is 3.42. The van der Waals surface area contributed by atoms with Crippen molar-refractivity contribution in [1.29, 1.82) is 0 Å². The van der Waals surface area contributed by atoms with Crippen molar-refractivity contribution in [3.05, 3.63) is 11.6 Å². The minimum Gasteiger partial charge on any atom is -0.484 e. The number of nitrogens with zero attached hydrogens (tertiary/aromatic N) is 1. The second-order valence-corrected chi connectivity index (χ2v) is 5.60. The highest BCUT2D eigenvalue weighted by atomic mass is 32.1. The van der Waals surface area contributed by atoms with Crippen molar-refractivity contribution in [2.24, 2.45) is 0 Å². The van der Waals surface area contributed by atoms with Crippen LogP contribution in [0.25, 0.3) is 0 Å². The molecule has 1 aliphatic rings. The van der Waals surface area contributed by atoms with E-state index in [1.54, 1.807) is 5.57 Å². The second kappa shape index (κ2) is 6.09. The van der Waals surface area contributed by atoms with Gasteiger partial charge in [-0.05, 0) is 51.1 Å². The SMILES string of the molecule is CC(C)Oc1c(N)nsc1NCCC1=CCCC1. The molecule has 0 atom stereocenters. The number of nitrogens with two attached hydrogens (primary N) is 1. The van der Waals surface area contributed by atoms with Crippen molar-refractivity contribution >= 4 is 22.4 Å². The number of nitrogens with one attached hydrogen (secondary N) is 1. The van der Waals surface area contributed by atoms with E-state index in [9.17, 15) is 0 Å². The molecule has 5 heteroatoms. The van der Waals surface area contributed by atoms with E-state index in [-0.39, 0.29) is 6.10 Å². The Kier molecular flexibility index (Phi) is 4.47. The van der Waals surface area contributed by atoms with Crippen LogP contribution in [-0.4, -0.2) is 17.0 Å². The number of hydrogen-bond donors (Lipinski definition) is 2. The molecule has 0 saturated heterocycles. The average Bonchev–Trinajstić information content (AvgIpc) is 2.93. The highest BCUT2D eigenvalue weighted by Gasteiger charge is 2.14. The molecule has 0 radical (unpaired) electrons. The Labute approximate surface area is 112 Å². The van der Waals surface area contributed by atoms with Gasteiger partial charge in [0.1, 0.15) is 0 Å². The van der Waals surface area contributed by atoms with E-state index in [4.69, 9.17) is 10.5 Å². The second-order valence-electron chi connectivity index (χ2n) is 4.82. The molecular weight excluding hydrogens is 246 g/mol. The maximum absolute atomic E-state index is 5.81. The fourth-order valence-corrected chi connectivity index (χ4v) is 2.73. The molecule has 1 aromatic rings. The molecule has 2 rings (SSSR count). The van der Waals surface area contributed by atoms with Gasteiger partial charge in [-0.3, -0.25) is 0 Å². The van der Waals surface area contributed by atoms with Crippen LogP contribution in [-0.2, 0) is 0 Å². The molecule has 0 amide bonds. The van der Waals surface area contributed by atoms with Gasteiger partial charge in [-0.1, -0.05) is 11.6 Å². The van der Waals surface area contributed by atoms with Crippen LogP contribution < -0.4 is 15.8 Å². The topological polar surface area (TPSA) is 60.2 Å². The van der Waals surface area contributed by atoms with E-state index in [1.165, 1.54) is 30.8 Å². The van der Waals surface area contributed by atoms with E-state index in [2.05, 4.69) is 15.8 Å². The molecule has 0 aromatic carbocycles. The van der Waals surface area contributed by atoms with Crippen LogP contribution in [0.2, 0.25) is 0 Å². The lowest BCUT2D eigenvalue weighted by Crippen LogP contribution is -2.09. The molecule has 1 aliphatic carbocycles. The summed E-state index contributed by atoms with van der Waals surface area (Å²) in [6.07, 6.45) is 7.37. The number of anilines is 2. The fraction of sp³-hybridized carbons (Fsp3) is 0.615. The van der Waals surface area contributed by atoms with Gasteiger partial charge in [-0.25, -0.2) is 0 Å². The standard InChI is InChI=1S/C13H21N3OS/c1-9(2)17-11-12(14)16-18-13(11)15-8-7-10-5-3-4-6-10/h5,9,15H,3-4,6-8H2,1-2H3,(H2,14,16). The van der Waals surface area contributed by atoms with Gasteiger partial charge >= 0.3 is 0 Å². The van der Waals surface area contributed by atoms with Gasteiger partial charge in [0, 0.05) is 6.54 Å².